The zero-order chi connectivity index (χ0) is 13.2. The van der Waals surface area contributed by atoms with E-state index in [4.69, 9.17) is 0 Å². The predicted molar refractivity (Wildman–Crippen MR) is 73.8 cm³/mol. The van der Waals surface area contributed by atoms with Crippen molar-refractivity contribution < 1.29 is 10.2 Å². The van der Waals surface area contributed by atoms with Gasteiger partial charge in [-0.05, 0) is 28.8 Å². The molecule has 0 spiro atoms. The molecule has 3 nitrogen and oxygen atoms in total. The summed E-state index contributed by atoms with van der Waals surface area (Å²) >= 11 is 0. The van der Waals surface area contributed by atoms with E-state index in [2.05, 4.69) is 17.4 Å². The summed E-state index contributed by atoms with van der Waals surface area (Å²) in [5, 5.41) is 22.9. The van der Waals surface area contributed by atoms with Gasteiger partial charge in [-0.15, -0.1) is 0 Å². The van der Waals surface area contributed by atoms with E-state index in [1.165, 1.54) is 11.1 Å². The lowest BCUT2D eigenvalue weighted by molar-refractivity contribution is 0.140. The molecule has 3 heteroatoms. The SMILES string of the molecule is Oc1cccc(CN[C@H]2c3ccccc3C[C@H]2O)c1. The molecule has 0 aliphatic heterocycles. The molecule has 0 unspecified atom stereocenters. The summed E-state index contributed by atoms with van der Waals surface area (Å²) in [5.74, 6) is 0.270. The quantitative estimate of drug-likeness (QED) is 0.787. The van der Waals surface area contributed by atoms with Gasteiger partial charge in [0.2, 0.25) is 0 Å². The molecular formula is C16H17NO2. The molecular weight excluding hydrogens is 238 g/mol. The number of fused-ring (bicyclic) bond motifs is 1. The van der Waals surface area contributed by atoms with Gasteiger partial charge in [-0.1, -0.05) is 36.4 Å². The van der Waals surface area contributed by atoms with E-state index in [1.807, 2.05) is 24.3 Å². The summed E-state index contributed by atoms with van der Waals surface area (Å²) in [6, 6.07) is 15.3. The highest BCUT2D eigenvalue weighted by Crippen LogP contribution is 2.31. The fraction of sp³-hybridized carbons (Fsp3) is 0.250. The Morgan fingerprint density at radius 2 is 1.95 bits per heavy atom. The monoisotopic (exact) mass is 255 g/mol. The fourth-order valence-corrected chi connectivity index (χ4v) is 2.71. The molecule has 0 radical (unpaired) electrons. The van der Waals surface area contributed by atoms with Crippen LogP contribution < -0.4 is 5.32 Å². The maximum Gasteiger partial charge on any atom is 0.115 e. The van der Waals surface area contributed by atoms with Crippen LogP contribution in [0.15, 0.2) is 48.5 Å². The Hall–Kier alpha value is -1.84. The highest BCUT2D eigenvalue weighted by molar-refractivity contribution is 5.36. The van der Waals surface area contributed by atoms with Crippen molar-refractivity contribution in [3.05, 3.63) is 65.2 Å². The third kappa shape index (κ3) is 2.48. The number of rotatable bonds is 3. The van der Waals surface area contributed by atoms with Crippen LogP contribution in [0, 0.1) is 0 Å². The van der Waals surface area contributed by atoms with Gasteiger partial charge in [0.05, 0.1) is 12.1 Å². The molecule has 98 valence electrons. The third-order valence-corrected chi connectivity index (χ3v) is 3.64. The van der Waals surface area contributed by atoms with Crippen molar-refractivity contribution in [3.63, 3.8) is 0 Å². The van der Waals surface area contributed by atoms with Crippen molar-refractivity contribution in [1.29, 1.82) is 0 Å². The molecule has 0 saturated heterocycles. The molecule has 3 N–H and O–H groups in total. The Morgan fingerprint density at radius 3 is 2.79 bits per heavy atom. The number of aromatic hydroxyl groups is 1. The Kier molecular flexibility index (Phi) is 3.23. The largest absolute Gasteiger partial charge is 0.508 e. The number of benzene rings is 2. The van der Waals surface area contributed by atoms with Gasteiger partial charge in [0.15, 0.2) is 0 Å². The van der Waals surface area contributed by atoms with Crippen molar-refractivity contribution in [1.82, 2.24) is 5.32 Å². The summed E-state index contributed by atoms with van der Waals surface area (Å²) < 4.78 is 0. The van der Waals surface area contributed by atoms with Gasteiger partial charge in [-0.3, -0.25) is 0 Å². The van der Waals surface area contributed by atoms with Crippen molar-refractivity contribution >= 4 is 0 Å². The van der Waals surface area contributed by atoms with E-state index in [0.29, 0.717) is 13.0 Å². The minimum absolute atomic E-state index is 0.0291. The molecule has 19 heavy (non-hydrogen) atoms. The lowest BCUT2D eigenvalue weighted by Gasteiger charge is -2.18. The van der Waals surface area contributed by atoms with Crippen LogP contribution in [0.25, 0.3) is 0 Å². The van der Waals surface area contributed by atoms with Crippen LogP contribution in [-0.4, -0.2) is 16.3 Å². The second-order valence-corrected chi connectivity index (χ2v) is 5.00. The van der Waals surface area contributed by atoms with Gasteiger partial charge < -0.3 is 15.5 Å². The van der Waals surface area contributed by atoms with Crippen LogP contribution in [0.4, 0.5) is 0 Å². The van der Waals surface area contributed by atoms with Gasteiger partial charge >= 0.3 is 0 Å². The first-order valence-corrected chi connectivity index (χ1v) is 6.51. The predicted octanol–water partition coefficient (Wildman–Crippen LogP) is 2.14. The van der Waals surface area contributed by atoms with Crippen LogP contribution in [0.2, 0.25) is 0 Å². The number of hydrogen-bond donors (Lipinski definition) is 3. The van der Waals surface area contributed by atoms with Gasteiger partial charge in [-0.25, -0.2) is 0 Å². The summed E-state index contributed by atoms with van der Waals surface area (Å²) in [4.78, 5) is 0. The molecule has 1 aliphatic rings. The van der Waals surface area contributed by atoms with E-state index < -0.39 is 0 Å². The Bertz CT molecular complexity index is 582. The van der Waals surface area contributed by atoms with Gasteiger partial charge in [0.1, 0.15) is 5.75 Å². The van der Waals surface area contributed by atoms with Crippen molar-refractivity contribution in [2.75, 3.05) is 0 Å². The first kappa shape index (κ1) is 12.2. The summed E-state index contributed by atoms with van der Waals surface area (Å²) in [7, 11) is 0. The molecule has 0 heterocycles. The Labute approximate surface area is 112 Å². The topological polar surface area (TPSA) is 52.5 Å². The number of hydrogen-bond acceptors (Lipinski definition) is 3. The Morgan fingerprint density at radius 1 is 1.11 bits per heavy atom. The van der Waals surface area contributed by atoms with Crippen LogP contribution in [0.5, 0.6) is 5.75 Å². The standard InChI is InChI=1S/C16H17NO2/c18-13-6-3-4-11(8-13)10-17-16-14-7-2-1-5-12(14)9-15(16)19/h1-8,15-19H,9-10H2/t15-,16+/m1/s1. The van der Waals surface area contributed by atoms with Crippen molar-refractivity contribution in [3.8, 4) is 5.75 Å². The van der Waals surface area contributed by atoms with E-state index in [-0.39, 0.29) is 17.9 Å². The van der Waals surface area contributed by atoms with E-state index >= 15 is 0 Å². The van der Waals surface area contributed by atoms with Crippen molar-refractivity contribution in [2.24, 2.45) is 0 Å². The first-order chi connectivity index (χ1) is 9.24. The minimum Gasteiger partial charge on any atom is -0.508 e. The molecule has 3 rings (SSSR count). The molecule has 0 fully saturated rings. The average molecular weight is 255 g/mol. The second kappa shape index (κ2) is 5.03. The van der Waals surface area contributed by atoms with Gasteiger partial charge in [0.25, 0.3) is 0 Å². The highest BCUT2D eigenvalue weighted by Gasteiger charge is 2.29. The Balaban J connectivity index is 1.74. The third-order valence-electron chi connectivity index (χ3n) is 3.64. The lowest BCUT2D eigenvalue weighted by Crippen LogP contribution is -2.28. The highest BCUT2D eigenvalue weighted by atomic mass is 16.3. The maximum absolute atomic E-state index is 10.1. The van der Waals surface area contributed by atoms with Gasteiger partial charge in [-0.2, -0.15) is 0 Å². The lowest BCUT2D eigenvalue weighted by atomic mass is 10.1. The molecule has 1 aliphatic carbocycles. The van der Waals surface area contributed by atoms with E-state index in [9.17, 15) is 10.2 Å². The maximum atomic E-state index is 10.1. The van der Waals surface area contributed by atoms with Crippen molar-refractivity contribution in [2.45, 2.75) is 25.1 Å². The molecule has 0 bridgehead atoms. The van der Waals surface area contributed by atoms with E-state index in [1.54, 1.807) is 12.1 Å². The number of nitrogens with one attached hydrogen (secondary N) is 1. The molecule has 0 amide bonds. The molecule has 2 aromatic rings. The van der Waals surface area contributed by atoms with Gasteiger partial charge in [0, 0.05) is 13.0 Å². The molecule has 0 aromatic heterocycles. The zero-order valence-electron chi connectivity index (χ0n) is 10.6. The smallest absolute Gasteiger partial charge is 0.115 e. The number of aliphatic hydroxyl groups is 1. The fourth-order valence-electron chi connectivity index (χ4n) is 2.71. The normalized spacial score (nSPS) is 21.3. The second-order valence-electron chi connectivity index (χ2n) is 5.00. The summed E-state index contributed by atoms with van der Waals surface area (Å²) in [6.45, 7) is 0.629. The number of phenolic OH excluding ortho intramolecular Hbond substituents is 1. The minimum atomic E-state index is -0.380. The van der Waals surface area contributed by atoms with Crippen LogP contribution in [0.1, 0.15) is 22.7 Å². The molecule has 2 aromatic carbocycles. The molecule has 0 saturated carbocycles. The van der Waals surface area contributed by atoms with E-state index in [0.717, 1.165) is 5.56 Å². The first-order valence-electron chi connectivity index (χ1n) is 6.51. The number of aliphatic hydroxyl groups excluding tert-OH is 1. The number of phenols is 1. The van der Waals surface area contributed by atoms with Crippen LogP contribution in [-0.2, 0) is 13.0 Å². The summed E-state index contributed by atoms with van der Waals surface area (Å²) in [6.07, 6.45) is 0.322. The molecule has 2 atom stereocenters. The van der Waals surface area contributed by atoms with Crippen LogP contribution in [0.3, 0.4) is 0 Å². The zero-order valence-corrected chi connectivity index (χ0v) is 10.6. The average Bonchev–Trinajstić information content (AvgIpc) is 2.72. The van der Waals surface area contributed by atoms with Crippen LogP contribution >= 0.6 is 0 Å². The summed E-state index contributed by atoms with van der Waals surface area (Å²) in [5.41, 5.74) is 3.40.